The highest BCUT2D eigenvalue weighted by Gasteiger charge is 2.06. The van der Waals surface area contributed by atoms with Crippen molar-refractivity contribution in [1.29, 1.82) is 0 Å². The van der Waals surface area contributed by atoms with Gasteiger partial charge in [-0.1, -0.05) is 0 Å². The van der Waals surface area contributed by atoms with Crippen LogP contribution < -0.4 is 0 Å². The highest BCUT2D eigenvalue weighted by atomic mass is 19.1. The number of halogens is 1. The molecule has 0 aliphatic rings. The van der Waals surface area contributed by atoms with Gasteiger partial charge in [-0.2, -0.15) is 0 Å². The third-order valence-corrected chi connectivity index (χ3v) is 2.58. The molecule has 2 rings (SSSR count). The van der Waals surface area contributed by atoms with Crippen molar-refractivity contribution in [2.24, 2.45) is 7.05 Å². The molecule has 0 spiro atoms. The van der Waals surface area contributed by atoms with Gasteiger partial charge in [-0.25, -0.2) is 4.39 Å². The molecule has 0 N–H and O–H groups in total. The summed E-state index contributed by atoms with van der Waals surface area (Å²) in [5.41, 5.74) is 2.27. The van der Waals surface area contributed by atoms with Gasteiger partial charge in [0.1, 0.15) is 5.82 Å². The van der Waals surface area contributed by atoms with Crippen LogP contribution in [0, 0.1) is 5.82 Å². The second-order valence-corrected chi connectivity index (χ2v) is 4.14. The van der Waals surface area contributed by atoms with E-state index >= 15 is 0 Å². The van der Waals surface area contributed by atoms with Crippen molar-refractivity contribution < 1.29 is 4.39 Å². The van der Waals surface area contributed by atoms with Crippen molar-refractivity contribution in [1.82, 2.24) is 9.47 Å². The normalized spacial score (nSPS) is 11.5. The molecule has 0 amide bonds. The first-order valence-corrected chi connectivity index (χ1v) is 4.96. The first-order chi connectivity index (χ1) is 7.08. The maximum Gasteiger partial charge on any atom is 0.123 e. The van der Waals surface area contributed by atoms with Gasteiger partial charge in [0.05, 0.1) is 0 Å². The van der Waals surface area contributed by atoms with Gasteiger partial charge in [-0.3, -0.25) is 0 Å². The number of hydrogen-bond donors (Lipinski definition) is 0. The Bertz CT molecular complexity index is 486. The predicted octanol–water partition coefficient (Wildman–Crippen LogP) is 2.38. The molecule has 2 nitrogen and oxygen atoms in total. The monoisotopic (exact) mass is 206 g/mol. The summed E-state index contributed by atoms with van der Waals surface area (Å²) in [6.45, 7) is 0.868. The Morgan fingerprint density at radius 3 is 2.67 bits per heavy atom. The quantitative estimate of drug-likeness (QED) is 0.732. The zero-order valence-corrected chi connectivity index (χ0v) is 9.29. The molecule has 1 heterocycles. The average molecular weight is 206 g/mol. The second kappa shape index (κ2) is 3.66. The fraction of sp³-hybridized carbons (Fsp3) is 0.333. The minimum atomic E-state index is -0.176. The molecule has 0 radical (unpaired) electrons. The van der Waals surface area contributed by atoms with E-state index in [9.17, 15) is 4.39 Å². The van der Waals surface area contributed by atoms with E-state index in [4.69, 9.17) is 0 Å². The molecule has 0 fully saturated rings. The average Bonchev–Trinajstić information content (AvgIpc) is 2.42. The van der Waals surface area contributed by atoms with Crippen LogP contribution in [-0.2, 0) is 13.6 Å². The molecule has 3 heteroatoms. The summed E-state index contributed by atoms with van der Waals surface area (Å²) in [5, 5.41) is 0.967. The van der Waals surface area contributed by atoms with Gasteiger partial charge >= 0.3 is 0 Å². The van der Waals surface area contributed by atoms with Crippen molar-refractivity contribution in [3.05, 3.63) is 35.8 Å². The van der Waals surface area contributed by atoms with Crippen molar-refractivity contribution in [2.45, 2.75) is 6.54 Å². The topological polar surface area (TPSA) is 8.17 Å². The smallest absolute Gasteiger partial charge is 0.123 e. The SMILES string of the molecule is CN(C)Cc1cc2cc(F)ccc2n1C. The highest BCUT2D eigenvalue weighted by Crippen LogP contribution is 2.20. The van der Waals surface area contributed by atoms with Crippen LogP contribution in [0.5, 0.6) is 0 Å². The Labute approximate surface area is 88.9 Å². The lowest BCUT2D eigenvalue weighted by atomic mass is 10.2. The standard InChI is InChI=1S/C12H15FN2/c1-14(2)8-11-7-9-6-10(13)4-5-12(9)15(11)3/h4-7H,8H2,1-3H3. The first-order valence-electron chi connectivity index (χ1n) is 4.96. The summed E-state index contributed by atoms with van der Waals surface area (Å²) in [5.74, 6) is -0.176. The van der Waals surface area contributed by atoms with Crippen LogP contribution in [0.3, 0.4) is 0 Å². The van der Waals surface area contributed by atoms with Crippen molar-refractivity contribution in [3.8, 4) is 0 Å². The van der Waals surface area contributed by atoms with Crippen LogP contribution in [-0.4, -0.2) is 23.6 Å². The van der Waals surface area contributed by atoms with E-state index in [0.717, 1.165) is 17.4 Å². The minimum absolute atomic E-state index is 0.176. The lowest BCUT2D eigenvalue weighted by Gasteiger charge is -2.10. The van der Waals surface area contributed by atoms with Crippen LogP contribution in [0.25, 0.3) is 10.9 Å². The summed E-state index contributed by atoms with van der Waals surface area (Å²) in [6, 6.07) is 6.94. The van der Waals surface area contributed by atoms with E-state index in [1.54, 1.807) is 6.07 Å². The van der Waals surface area contributed by atoms with E-state index in [0.29, 0.717) is 0 Å². The van der Waals surface area contributed by atoms with Gasteiger partial charge < -0.3 is 9.47 Å². The Hall–Kier alpha value is -1.35. The number of rotatable bonds is 2. The number of fused-ring (bicyclic) bond motifs is 1. The molecule has 15 heavy (non-hydrogen) atoms. The Morgan fingerprint density at radius 2 is 2.00 bits per heavy atom. The van der Waals surface area contributed by atoms with Crippen LogP contribution in [0.4, 0.5) is 4.39 Å². The highest BCUT2D eigenvalue weighted by molar-refractivity contribution is 5.81. The van der Waals surface area contributed by atoms with Gasteiger partial charge in [0.15, 0.2) is 0 Å². The maximum absolute atomic E-state index is 13.0. The molecule has 0 saturated carbocycles. The fourth-order valence-corrected chi connectivity index (χ4v) is 1.85. The lowest BCUT2D eigenvalue weighted by Crippen LogP contribution is -2.13. The number of aryl methyl sites for hydroxylation is 1. The van der Waals surface area contributed by atoms with Crippen molar-refractivity contribution in [3.63, 3.8) is 0 Å². The second-order valence-electron chi connectivity index (χ2n) is 4.14. The molecule has 0 bridgehead atoms. The molecule has 1 aromatic heterocycles. The predicted molar refractivity (Wildman–Crippen MR) is 60.3 cm³/mol. The van der Waals surface area contributed by atoms with Gasteiger partial charge in [0.2, 0.25) is 0 Å². The number of hydrogen-bond acceptors (Lipinski definition) is 1. The summed E-state index contributed by atoms with van der Waals surface area (Å²) >= 11 is 0. The Morgan fingerprint density at radius 1 is 1.27 bits per heavy atom. The largest absolute Gasteiger partial charge is 0.346 e. The van der Waals surface area contributed by atoms with Gasteiger partial charge in [-0.15, -0.1) is 0 Å². The summed E-state index contributed by atoms with van der Waals surface area (Å²) in [6.07, 6.45) is 0. The van der Waals surface area contributed by atoms with Crippen LogP contribution >= 0.6 is 0 Å². The van der Waals surface area contributed by atoms with Crippen LogP contribution in [0.15, 0.2) is 24.3 Å². The Kier molecular flexibility index (Phi) is 2.49. The molecular formula is C12H15FN2. The molecule has 1 aromatic carbocycles. The number of nitrogens with zero attached hydrogens (tertiary/aromatic N) is 2. The zero-order chi connectivity index (χ0) is 11.0. The fourth-order valence-electron chi connectivity index (χ4n) is 1.85. The molecular weight excluding hydrogens is 191 g/mol. The van der Waals surface area contributed by atoms with E-state index < -0.39 is 0 Å². The van der Waals surface area contributed by atoms with Crippen LogP contribution in [0.2, 0.25) is 0 Å². The minimum Gasteiger partial charge on any atom is -0.346 e. The molecule has 0 saturated heterocycles. The van der Waals surface area contributed by atoms with E-state index in [1.165, 1.54) is 11.8 Å². The maximum atomic E-state index is 13.0. The van der Waals surface area contributed by atoms with Gasteiger partial charge in [0, 0.05) is 30.2 Å². The molecule has 2 aromatic rings. The Balaban J connectivity index is 2.54. The van der Waals surface area contributed by atoms with E-state index in [1.807, 2.05) is 33.3 Å². The third-order valence-electron chi connectivity index (χ3n) is 2.58. The molecule has 80 valence electrons. The van der Waals surface area contributed by atoms with Gasteiger partial charge in [-0.05, 0) is 38.4 Å². The van der Waals surface area contributed by atoms with Gasteiger partial charge in [0.25, 0.3) is 0 Å². The van der Waals surface area contributed by atoms with E-state index in [2.05, 4.69) is 9.47 Å². The zero-order valence-electron chi connectivity index (χ0n) is 9.29. The molecule has 0 aliphatic heterocycles. The molecule has 0 aliphatic carbocycles. The molecule has 0 atom stereocenters. The number of aromatic nitrogens is 1. The summed E-state index contributed by atoms with van der Waals surface area (Å²) in [4.78, 5) is 2.10. The lowest BCUT2D eigenvalue weighted by molar-refractivity contribution is 0.392. The number of benzene rings is 1. The first kappa shape index (κ1) is 10.2. The van der Waals surface area contributed by atoms with Crippen molar-refractivity contribution >= 4 is 10.9 Å². The summed E-state index contributed by atoms with van der Waals surface area (Å²) < 4.78 is 15.1. The van der Waals surface area contributed by atoms with Crippen LogP contribution in [0.1, 0.15) is 5.69 Å². The van der Waals surface area contributed by atoms with Crippen molar-refractivity contribution in [2.75, 3.05) is 14.1 Å². The molecule has 0 unspecified atom stereocenters. The van der Waals surface area contributed by atoms with E-state index in [-0.39, 0.29) is 5.82 Å². The summed E-state index contributed by atoms with van der Waals surface area (Å²) in [7, 11) is 6.07. The third kappa shape index (κ3) is 1.88.